The Balaban J connectivity index is 2.11. The molecule has 1 fully saturated rings. The van der Waals surface area contributed by atoms with Crippen LogP contribution in [0.1, 0.15) is 47.5 Å². The third-order valence-electron chi connectivity index (χ3n) is 4.83. The number of hydrogen-bond acceptors (Lipinski definition) is 6. The summed E-state index contributed by atoms with van der Waals surface area (Å²) in [5, 5.41) is 21.2. The molecule has 7 heteroatoms. The van der Waals surface area contributed by atoms with Crippen molar-refractivity contribution in [2.45, 2.75) is 65.2 Å². The third-order valence-corrected chi connectivity index (χ3v) is 4.83. The summed E-state index contributed by atoms with van der Waals surface area (Å²) in [6.07, 6.45) is 1.93. The Morgan fingerprint density at radius 2 is 2.00 bits per heavy atom. The van der Waals surface area contributed by atoms with Crippen molar-refractivity contribution in [2.75, 3.05) is 31.1 Å². The molecule has 1 aromatic carbocycles. The van der Waals surface area contributed by atoms with Gasteiger partial charge >= 0.3 is 0 Å². The fourth-order valence-corrected chi connectivity index (χ4v) is 3.69. The van der Waals surface area contributed by atoms with Gasteiger partial charge in [-0.1, -0.05) is 6.92 Å². The maximum Gasteiger partial charge on any atom is 0.273 e. The van der Waals surface area contributed by atoms with E-state index in [4.69, 9.17) is 4.74 Å². The summed E-state index contributed by atoms with van der Waals surface area (Å²) in [5.41, 5.74) is 0.258. The maximum absolute atomic E-state index is 11.1. The molecule has 0 saturated carbocycles. The van der Waals surface area contributed by atoms with Crippen molar-refractivity contribution in [1.29, 1.82) is 0 Å². The molecule has 0 aromatic heterocycles. The van der Waals surface area contributed by atoms with Gasteiger partial charge < -0.3 is 14.7 Å². The van der Waals surface area contributed by atoms with Gasteiger partial charge in [-0.15, -0.1) is 0 Å². The van der Waals surface area contributed by atoms with Crippen LogP contribution in [0.5, 0.6) is 5.75 Å². The molecule has 1 aromatic rings. The topological polar surface area (TPSA) is 79.1 Å². The number of nitrogens with zero attached hydrogens (tertiary/aromatic N) is 3. The molecule has 0 aliphatic carbocycles. The number of nitro benzene ring substituents is 1. The number of hydrogen-bond donors (Lipinski definition) is 1. The molecule has 0 bridgehead atoms. The van der Waals surface area contributed by atoms with Gasteiger partial charge in [0.05, 0.1) is 28.4 Å². The minimum absolute atomic E-state index is 0.0478. The molecule has 1 aliphatic heterocycles. The van der Waals surface area contributed by atoms with Crippen molar-refractivity contribution in [2.24, 2.45) is 0 Å². The lowest BCUT2D eigenvalue weighted by molar-refractivity contribution is -0.384. The van der Waals surface area contributed by atoms with E-state index in [0.29, 0.717) is 18.3 Å². The number of piperidine rings is 1. The second-order valence-corrected chi connectivity index (χ2v) is 8.17. The molecule has 1 N–H and O–H groups in total. The quantitative estimate of drug-likeness (QED) is 0.551. The highest BCUT2D eigenvalue weighted by Gasteiger charge is 2.29. The average Bonchev–Trinajstić information content (AvgIpc) is 2.58. The maximum atomic E-state index is 11.1. The molecule has 0 unspecified atom stereocenters. The highest BCUT2D eigenvalue weighted by atomic mass is 16.6. The molecule has 2 rings (SSSR count). The standard InChI is InChI=1S/C20H33N3O4/c1-6-21(14-20(4,5)24)16-9-11-22(12-10-16)18-8-7-17(23(25)26)13-19(18)27-15(2)3/h7-8,13,15-16,24H,6,9-12,14H2,1-5H3. The first-order valence-corrected chi connectivity index (χ1v) is 9.77. The van der Waals surface area contributed by atoms with Gasteiger partial charge in [-0.3, -0.25) is 15.0 Å². The summed E-state index contributed by atoms with van der Waals surface area (Å²) in [4.78, 5) is 15.3. The first-order valence-electron chi connectivity index (χ1n) is 9.77. The lowest BCUT2D eigenvalue weighted by Crippen LogP contribution is -2.49. The number of anilines is 1. The van der Waals surface area contributed by atoms with Gasteiger partial charge in [-0.05, 0) is 53.1 Å². The van der Waals surface area contributed by atoms with E-state index >= 15 is 0 Å². The van der Waals surface area contributed by atoms with Crippen LogP contribution in [0.3, 0.4) is 0 Å². The van der Waals surface area contributed by atoms with Crippen LogP contribution in [0.4, 0.5) is 11.4 Å². The Kier molecular flexibility index (Phi) is 7.06. The fourth-order valence-electron chi connectivity index (χ4n) is 3.69. The molecule has 7 nitrogen and oxygen atoms in total. The Labute approximate surface area is 162 Å². The number of benzene rings is 1. The smallest absolute Gasteiger partial charge is 0.273 e. The van der Waals surface area contributed by atoms with E-state index in [-0.39, 0.29) is 16.7 Å². The molecular formula is C20H33N3O4. The van der Waals surface area contributed by atoms with Crippen molar-refractivity contribution in [3.8, 4) is 5.75 Å². The van der Waals surface area contributed by atoms with Crippen molar-refractivity contribution >= 4 is 11.4 Å². The summed E-state index contributed by atoms with van der Waals surface area (Å²) < 4.78 is 5.86. The van der Waals surface area contributed by atoms with E-state index in [0.717, 1.165) is 38.2 Å². The number of nitro groups is 1. The first kappa shape index (κ1) is 21.4. The zero-order valence-corrected chi connectivity index (χ0v) is 17.1. The zero-order valence-electron chi connectivity index (χ0n) is 17.1. The van der Waals surface area contributed by atoms with E-state index < -0.39 is 5.60 Å². The minimum Gasteiger partial charge on any atom is -0.489 e. The number of aliphatic hydroxyl groups is 1. The van der Waals surface area contributed by atoms with Gasteiger partial charge in [0.1, 0.15) is 5.75 Å². The summed E-state index contributed by atoms with van der Waals surface area (Å²) >= 11 is 0. The number of non-ortho nitro benzene ring substituents is 1. The molecule has 1 heterocycles. The van der Waals surface area contributed by atoms with E-state index in [1.54, 1.807) is 12.1 Å². The van der Waals surface area contributed by atoms with Crippen molar-refractivity contribution in [1.82, 2.24) is 4.90 Å². The van der Waals surface area contributed by atoms with Crippen LogP contribution >= 0.6 is 0 Å². The third kappa shape index (κ3) is 6.07. The van der Waals surface area contributed by atoms with Gasteiger partial charge in [0, 0.05) is 31.7 Å². The SMILES string of the molecule is CCN(CC(C)(C)O)C1CCN(c2ccc([N+](=O)[O-])cc2OC(C)C)CC1. The lowest BCUT2D eigenvalue weighted by atomic mass is 10.00. The summed E-state index contributed by atoms with van der Waals surface area (Å²) in [6, 6.07) is 5.30. The second kappa shape index (κ2) is 8.89. The summed E-state index contributed by atoms with van der Waals surface area (Å²) in [5.74, 6) is 0.571. The highest BCUT2D eigenvalue weighted by Crippen LogP contribution is 2.35. The fraction of sp³-hybridized carbons (Fsp3) is 0.700. The van der Waals surface area contributed by atoms with Gasteiger partial charge in [0.2, 0.25) is 0 Å². The van der Waals surface area contributed by atoms with Gasteiger partial charge in [-0.2, -0.15) is 0 Å². The average molecular weight is 380 g/mol. The molecule has 152 valence electrons. The van der Waals surface area contributed by atoms with Crippen LogP contribution in [-0.4, -0.2) is 58.9 Å². The van der Waals surface area contributed by atoms with Crippen molar-refractivity contribution < 1.29 is 14.8 Å². The van der Waals surface area contributed by atoms with E-state index in [9.17, 15) is 15.2 Å². The van der Waals surface area contributed by atoms with E-state index in [1.807, 2.05) is 27.7 Å². The van der Waals surface area contributed by atoms with E-state index in [1.165, 1.54) is 6.07 Å². The van der Waals surface area contributed by atoms with Crippen molar-refractivity contribution in [3.05, 3.63) is 28.3 Å². The number of ether oxygens (including phenoxy) is 1. The Morgan fingerprint density at radius 1 is 1.37 bits per heavy atom. The lowest BCUT2D eigenvalue weighted by Gasteiger charge is -2.41. The molecule has 0 radical (unpaired) electrons. The molecule has 27 heavy (non-hydrogen) atoms. The Hall–Kier alpha value is -1.86. The van der Waals surface area contributed by atoms with Crippen LogP contribution < -0.4 is 9.64 Å². The van der Waals surface area contributed by atoms with Crippen LogP contribution in [0.2, 0.25) is 0 Å². The van der Waals surface area contributed by atoms with Crippen molar-refractivity contribution in [3.63, 3.8) is 0 Å². The molecule has 1 saturated heterocycles. The molecular weight excluding hydrogens is 346 g/mol. The normalized spacial score (nSPS) is 16.2. The minimum atomic E-state index is -0.705. The number of likely N-dealkylation sites (N-methyl/N-ethyl adjacent to an activating group) is 1. The molecule has 0 atom stereocenters. The predicted molar refractivity (Wildman–Crippen MR) is 108 cm³/mol. The van der Waals surface area contributed by atoms with E-state index in [2.05, 4.69) is 16.7 Å². The highest BCUT2D eigenvalue weighted by molar-refractivity contribution is 5.62. The van der Waals surface area contributed by atoms with Crippen LogP contribution in [0.15, 0.2) is 18.2 Å². The predicted octanol–water partition coefficient (Wildman–Crippen LogP) is 3.44. The largest absolute Gasteiger partial charge is 0.489 e. The van der Waals surface area contributed by atoms with Crippen LogP contribution in [-0.2, 0) is 0 Å². The van der Waals surface area contributed by atoms with Gasteiger partial charge in [0.25, 0.3) is 5.69 Å². The Bertz CT molecular complexity index is 635. The Morgan fingerprint density at radius 3 is 2.48 bits per heavy atom. The molecule has 1 aliphatic rings. The second-order valence-electron chi connectivity index (χ2n) is 8.17. The summed E-state index contributed by atoms with van der Waals surface area (Å²) in [6.45, 7) is 13.0. The first-order chi connectivity index (χ1) is 12.6. The van der Waals surface area contributed by atoms with Crippen LogP contribution in [0.25, 0.3) is 0 Å². The number of rotatable bonds is 8. The van der Waals surface area contributed by atoms with Crippen LogP contribution in [0, 0.1) is 10.1 Å². The van der Waals surface area contributed by atoms with Gasteiger partial charge in [0.15, 0.2) is 0 Å². The molecule has 0 spiro atoms. The zero-order chi connectivity index (χ0) is 20.2. The molecule has 0 amide bonds. The monoisotopic (exact) mass is 379 g/mol. The van der Waals surface area contributed by atoms with Gasteiger partial charge in [-0.25, -0.2) is 0 Å². The summed E-state index contributed by atoms with van der Waals surface area (Å²) in [7, 11) is 0.